The number of halogens is 1. The molecule has 3 aromatic carbocycles. The number of hydrogen-bond donors (Lipinski definition) is 1. The van der Waals surface area contributed by atoms with E-state index >= 15 is 0 Å². The van der Waals surface area contributed by atoms with Crippen molar-refractivity contribution in [1.29, 1.82) is 0 Å². The molecule has 6 heteroatoms. The van der Waals surface area contributed by atoms with Gasteiger partial charge in [-0.3, -0.25) is 9.59 Å². The Morgan fingerprint density at radius 2 is 1.70 bits per heavy atom. The van der Waals surface area contributed by atoms with Crippen LogP contribution in [0.5, 0.6) is 5.75 Å². The molecular formula is C27H27ClN2O3. The number of benzene rings is 3. The zero-order valence-electron chi connectivity index (χ0n) is 18.8. The first-order chi connectivity index (χ1) is 15.9. The van der Waals surface area contributed by atoms with Gasteiger partial charge in [-0.1, -0.05) is 54.1 Å². The normalized spacial score (nSPS) is 17.4. The minimum Gasteiger partial charge on any atom is -0.494 e. The van der Waals surface area contributed by atoms with E-state index in [1.54, 1.807) is 17.0 Å². The number of ether oxygens (including phenoxy) is 1. The number of carbonyl (C=O) groups excluding carboxylic acids is 2. The van der Waals surface area contributed by atoms with Crippen molar-refractivity contribution in [2.45, 2.75) is 38.9 Å². The van der Waals surface area contributed by atoms with Gasteiger partial charge < -0.3 is 15.0 Å². The lowest BCUT2D eigenvalue weighted by Gasteiger charge is -2.44. The highest BCUT2D eigenvalue weighted by Crippen LogP contribution is 2.33. The molecule has 0 spiro atoms. The van der Waals surface area contributed by atoms with Gasteiger partial charge in [0.25, 0.3) is 5.91 Å². The zero-order chi connectivity index (χ0) is 23.4. The summed E-state index contributed by atoms with van der Waals surface area (Å²) >= 11 is 5.97. The van der Waals surface area contributed by atoms with Gasteiger partial charge in [-0.05, 0) is 60.9 Å². The number of nitrogens with one attached hydrogen (secondary N) is 1. The summed E-state index contributed by atoms with van der Waals surface area (Å²) in [4.78, 5) is 28.7. The zero-order valence-corrected chi connectivity index (χ0v) is 19.6. The Balaban J connectivity index is 1.61. The van der Waals surface area contributed by atoms with Crippen molar-refractivity contribution in [3.05, 3.63) is 100 Å². The van der Waals surface area contributed by atoms with Crippen LogP contribution in [-0.2, 0) is 24.3 Å². The smallest absolute Gasteiger partial charge is 0.255 e. The summed E-state index contributed by atoms with van der Waals surface area (Å²) in [5, 5.41) is 3.67. The highest BCUT2D eigenvalue weighted by Gasteiger charge is 2.46. The first-order valence-electron chi connectivity index (χ1n) is 11.0. The maximum absolute atomic E-state index is 13.5. The van der Waals surface area contributed by atoms with Crippen LogP contribution in [0, 0.1) is 0 Å². The van der Waals surface area contributed by atoms with Crippen molar-refractivity contribution in [3.8, 4) is 5.75 Å². The van der Waals surface area contributed by atoms with Crippen LogP contribution in [0.2, 0.25) is 5.02 Å². The summed E-state index contributed by atoms with van der Waals surface area (Å²) in [7, 11) is 0. The van der Waals surface area contributed by atoms with E-state index in [0.29, 0.717) is 36.7 Å². The number of carbonyl (C=O) groups is 2. The van der Waals surface area contributed by atoms with Crippen LogP contribution < -0.4 is 10.1 Å². The van der Waals surface area contributed by atoms with Crippen LogP contribution in [0.3, 0.4) is 0 Å². The number of rotatable bonds is 7. The van der Waals surface area contributed by atoms with E-state index in [2.05, 4.69) is 5.32 Å². The van der Waals surface area contributed by atoms with Crippen LogP contribution in [0.1, 0.15) is 40.9 Å². The van der Waals surface area contributed by atoms with Crippen LogP contribution >= 0.6 is 11.6 Å². The van der Waals surface area contributed by atoms with E-state index in [0.717, 1.165) is 22.4 Å². The van der Waals surface area contributed by atoms with Gasteiger partial charge in [-0.2, -0.15) is 0 Å². The molecule has 4 rings (SSSR count). The second kappa shape index (κ2) is 9.67. The van der Waals surface area contributed by atoms with Crippen molar-refractivity contribution in [1.82, 2.24) is 10.2 Å². The number of nitrogens with zero attached hydrogens (tertiary/aromatic N) is 1. The monoisotopic (exact) mass is 462 g/mol. The minimum atomic E-state index is -1.03. The van der Waals surface area contributed by atoms with E-state index in [1.807, 2.05) is 74.5 Å². The summed E-state index contributed by atoms with van der Waals surface area (Å²) in [6.45, 7) is 5.05. The number of amides is 2. The molecule has 1 N–H and O–H groups in total. The lowest BCUT2D eigenvalue weighted by molar-refractivity contribution is -0.132. The molecule has 3 aromatic rings. The molecule has 170 valence electrons. The van der Waals surface area contributed by atoms with Crippen molar-refractivity contribution in [2.75, 3.05) is 6.61 Å². The number of hydrogen-bond acceptors (Lipinski definition) is 3. The van der Waals surface area contributed by atoms with Gasteiger partial charge in [-0.15, -0.1) is 0 Å². The quantitative estimate of drug-likeness (QED) is 0.536. The Labute approximate surface area is 199 Å². The van der Waals surface area contributed by atoms with Crippen molar-refractivity contribution < 1.29 is 14.3 Å². The highest BCUT2D eigenvalue weighted by atomic mass is 35.5. The van der Waals surface area contributed by atoms with Gasteiger partial charge in [0.2, 0.25) is 5.91 Å². The lowest BCUT2D eigenvalue weighted by atomic mass is 9.82. The molecule has 0 saturated carbocycles. The average molecular weight is 463 g/mol. The van der Waals surface area contributed by atoms with E-state index in [9.17, 15) is 9.59 Å². The molecule has 33 heavy (non-hydrogen) atoms. The van der Waals surface area contributed by atoms with Crippen molar-refractivity contribution in [3.63, 3.8) is 0 Å². The molecule has 0 aromatic heterocycles. The lowest BCUT2D eigenvalue weighted by Crippen LogP contribution is -2.62. The molecule has 0 saturated heterocycles. The SMILES string of the molecule is CCOc1ccc(CN2C(=O)c3ccccc3C[C@]2(C)C(=O)NCc2ccc(Cl)cc2)cc1. The van der Waals surface area contributed by atoms with E-state index < -0.39 is 5.54 Å². The molecule has 5 nitrogen and oxygen atoms in total. The number of fused-ring (bicyclic) bond motifs is 1. The Hall–Kier alpha value is -3.31. The summed E-state index contributed by atoms with van der Waals surface area (Å²) < 4.78 is 5.53. The maximum atomic E-state index is 13.5. The van der Waals surface area contributed by atoms with Crippen LogP contribution in [0.25, 0.3) is 0 Å². The molecule has 0 radical (unpaired) electrons. The van der Waals surface area contributed by atoms with E-state index in [-0.39, 0.29) is 11.8 Å². The predicted octanol–water partition coefficient (Wildman–Crippen LogP) is 5.01. The topological polar surface area (TPSA) is 58.6 Å². The summed E-state index contributed by atoms with van der Waals surface area (Å²) in [5.41, 5.74) is 2.37. The molecule has 0 fully saturated rings. The Morgan fingerprint density at radius 1 is 1.03 bits per heavy atom. The maximum Gasteiger partial charge on any atom is 0.255 e. The predicted molar refractivity (Wildman–Crippen MR) is 129 cm³/mol. The molecule has 1 aliphatic heterocycles. The fourth-order valence-corrected chi connectivity index (χ4v) is 4.31. The van der Waals surface area contributed by atoms with Gasteiger partial charge in [0.15, 0.2) is 0 Å². The van der Waals surface area contributed by atoms with Crippen molar-refractivity contribution >= 4 is 23.4 Å². The molecule has 2 amide bonds. The minimum absolute atomic E-state index is 0.144. The first kappa shape index (κ1) is 22.9. The van der Waals surface area contributed by atoms with Crippen LogP contribution in [0.15, 0.2) is 72.8 Å². The third kappa shape index (κ3) is 4.88. The van der Waals surface area contributed by atoms with Gasteiger partial charge in [0, 0.05) is 30.1 Å². The van der Waals surface area contributed by atoms with Crippen LogP contribution in [0.4, 0.5) is 0 Å². The summed E-state index contributed by atoms with van der Waals surface area (Å²) in [5.74, 6) is 0.446. The average Bonchev–Trinajstić information content (AvgIpc) is 2.82. The van der Waals surface area contributed by atoms with E-state index in [1.165, 1.54) is 0 Å². The molecule has 1 atom stereocenters. The molecule has 1 aliphatic rings. The second-order valence-corrected chi connectivity index (χ2v) is 8.82. The molecule has 0 bridgehead atoms. The second-order valence-electron chi connectivity index (χ2n) is 8.39. The largest absolute Gasteiger partial charge is 0.494 e. The highest BCUT2D eigenvalue weighted by molar-refractivity contribution is 6.30. The molecular weight excluding hydrogens is 436 g/mol. The van der Waals surface area contributed by atoms with Crippen molar-refractivity contribution in [2.24, 2.45) is 0 Å². The Morgan fingerprint density at radius 3 is 2.39 bits per heavy atom. The van der Waals surface area contributed by atoms with E-state index in [4.69, 9.17) is 16.3 Å². The Bertz CT molecular complexity index is 1140. The fraction of sp³-hybridized carbons (Fsp3) is 0.259. The van der Waals surface area contributed by atoms with Gasteiger partial charge >= 0.3 is 0 Å². The van der Waals surface area contributed by atoms with Gasteiger partial charge in [0.05, 0.1) is 6.61 Å². The molecule has 0 aliphatic carbocycles. The summed E-state index contributed by atoms with van der Waals surface area (Å²) in [6.07, 6.45) is 0.443. The molecule has 1 heterocycles. The van der Waals surface area contributed by atoms with Gasteiger partial charge in [0.1, 0.15) is 11.3 Å². The third-order valence-corrected chi connectivity index (χ3v) is 6.31. The first-order valence-corrected chi connectivity index (χ1v) is 11.4. The van der Waals surface area contributed by atoms with Crippen LogP contribution in [-0.4, -0.2) is 28.9 Å². The van der Waals surface area contributed by atoms with Gasteiger partial charge in [-0.25, -0.2) is 0 Å². The standard InChI is InChI=1S/C27H27ClN2O3/c1-3-33-23-14-10-20(11-15-23)18-30-25(31)24-7-5-4-6-21(24)16-27(30,2)26(32)29-17-19-8-12-22(28)13-9-19/h4-15H,3,16-18H2,1-2H3,(H,29,32)/t27-/m1/s1. The Kier molecular flexibility index (Phi) is 6.70. The third-order valence-electron chi connectivity index (χ3n) is 6.05. The summed E-state index contributed by atoms with van der Waals surface area (Å²) in [6, 6.07) is 22.5. The fourth-order valence-electron chi connectivity index (χ4n) is 4.18. The molecule has 0 unspecified atom stereocenters.